The Kier molecular flexibility index (Phi) is 4.60. The molecule has 0 aromatic carbocycles. The molecular formula is C12H18N2O2S3. The van der Waals surface area contributed by atoms with Gasteiger partial charge >= 0.3 is 0 Å². The van der Waals surface area contributed by atoms with Gasteiger partial charge in [-0.3, -0.25) is 0 Å². The van der Waals surface area contributed by atoms with Crippen LogP contribution in [0.5, 0.6) is 0 Å². The third kappa shape index (κ3) is 3.34. The van der Waals surface area contributed by atoms with E-state index >= 15 is 0 Å². The van der Waals surface area contributed by atoms with Gasteiger partial charge in [0.05, 0.1) is 10.5 Å². The standard InChI is InChI=1S/C12H18N2O2S3/c13-11(17)12(7-3-1-2-4-8-12)14-19(15,16)10-6-5-9-18-10/h5-6,9,14H,1-4,7-8H2,(H2,13,17). The molecule has 0 unspecified atom stereocenters. The molecule has 0 bridgehead atoms. The zero-order valence-corrected chi connectivity index (χ0v) is 13.0. The lowest BCUT2D eigenvalue weighted by molar-refractivity contribution is 0.441. The molecule has 0 radical (unpaired) electrons. The Labute approximate surface area is 123 Å². The average Bonchev–Trinajstić information content (AvgIpc) is 2.78. The zero-order chi connectivity index (χ0) is 13.9. The van der Waals surface area contributed by atoms with E-state index in [-0.39, 0.29) is 4.99 Å². The zero-order valence-electron chi connectivity index (χ0n) is 10.6. The van der Waals surface area contributed by atoms with E-state index in [0.717, 1.165) is 25.7 Å². The van der Waals surface area contributed by atoms with Gasteiger partial charge in [0.25, 0.3) is 10.0 Å². The molecule has 7 heteroatoms. The summed E-state index contributed by atoms with van der Waals surface area (Å²) in [5.74, 6) is 0. The minimum absolute atomic E-state index is 0.259. The summed E-state index contributed by atoms with van der Waals surface area (Å²) in [7, 11) is -3.54. The molecule has 1 heterocycles. The van der Waals surface area contributed by atoms with Crippen LogP contribution >= 0.6 is 23.6 Å². The molecule has 1 fully saturated rings. The van der Waals surface area contributed by atoms with Crippen molar-refractivity contribution in [2.45, 2.75) is 48.3 Å². The number of nitrogens with one attached hydrogen (secondary N) is 1. The Hall–Kier alpha value is -0.500. The lowest BCUT2D eigenvalue weighted by Crippen LogP contribution is -2.56. The molecule has 0 aliphatic heterocycles. The lowest BCUT2D eigenvalue weighted by Gasteiger charge is -2.32. The summed E-state index contributed by atoms with van der Waals surface area (Å²) >= 11 is 6.34. The SMILES string of the molecule is NC(=S)C1(NS(=O)(=O)c2cccs2)CCCCCC1. The summed E-state index contributed by atoms with van der Waals surface area (Å²) in [5.41, 5.74) is 5.08. The minimum Gasteiger partial charge on any atom is -0.392 e. The van der Waals surface area contributed by atoms with E-state index in [1.165, 1.54) is 11.3 Å². The molecular weight excluding hydrogens is 300 g/mol. The van der Waals surface area contributed by atoms with Crippen molar-refractivity contribution in [1.29, 1.82) is 0 Å². The number of rotatable bonds is 4. The normalized spacial score (nSPS) is 19.8. The maximum Gasteiger partial charge on any atom is 0.250 e. The van der Waals surface area contributed by atoms with E-state index < -0.39 is 15.6 Å². The molecule has 1 aromatic rings. The van der Waals surface area contributed by atoms with Crippen LogP contribution in [0.25, 0.3) is 0 Å². The highest BCUT2D eigenvalue weighted by Gasteiger charge is 2.38. The molecule has 1 saturated carbocycles. The van der Waals surface area contributed by atoms with Gasteiger partial charge in [0.1, 0.15) is 4.21 Å². The molecule has 106 valence electrons. The molecule has 1 aliphatic rings. The van der Waals surface area contributed by atoms with Crippen LogP contribution in [-0.2, 0) is 10.0 Å². The van der Waals surface area contributed by atoms with Crippen molar-refractivity contribution < 1.29 is 8.42 Å². The van der Waals surface area contributed by atoms with Crippen LogP contribution in [0.4, 0.5) is 0 Å². The predicted molar refractivity (Wildman–Crippen MR) is 81.9 cm³/mol. The van der Waals surface area contributed by atoms with Crippen molar-refractivity contribution in [2.75, 3.05) is 0 Å². The molecule has 0 amide bonds. The molecule has 4 nitrogen and oxygen atoms in total. The summed E-state index contributed by atoms with van der Waals surface area (Å²) in [6.45, 7) is 0. The van der Waals surface area contributed by atoms with Crippen LogP contribution in [-0.4, -0.2) is 18.9 Å². The van der Waals surface area contributed by atoms with E-state index in [4.69, 9.17) is 18.0 Å². The highest BCUT2D eigenvalue weighted by molar-refractivity contribution is 7.91. The topological polar surface area (TPSA) is 72.2 Å². The van der Waals surface area contributed by atoms with Crippen molar-refractivity contribution >= 4 is 38.6 Å². The first-order valence-corrected chi connectivity index (χ1v) is 9.11. The molecule has 0 saturated heterocycles. The average molecular weight is 318 g/mol. The fraction of sp³-hybridized carbons (Fsp3) is 0.583. The van der Waals surface area contributed by atoms with Gasteiger partial charge < -0.3 is 5.73 Å². The maximum atomic E-state index is 12.4. The Morgan fingerprint density at radius 3 is 2.42 bits per heavy atom. The first-order chi connectivity index (χ1) is 8.96. The summed E-state index contributed by atoms with van der Waals surface area (Å²) in [4.78, 5) is 0.259. The Morgan fingerprint density at radius 2 is 1.95 bits per heavy atom. The lowest BCUT2D eigenvalue weighted by atomic mass is 9.91. The summed E-state index contributed by atoms with van der Waals surface area (Å²) in [5, 5.41) is 1.75. The first-order valence-electron chi connectivity index (χ1n) is 6.34. The van der Waals surface area contributed by atoms with E-state index in [1.54, 1.807) is 17.5 Å². The molecule has 0 spiro atoms. The van der Waals surface area contributed by atoms with Crippen LogP contribution in [0, 0.1) is 0 Å². The number of sulfonamides is 1. The van der Waals surface area contributed by atoms with Gasteiger partial charge in [0, 0.05) is 0 Å². The van der Waals surface area contributed by atoms with E-state index in [9.17, 15) is 8.42 Å². The smallest absolute Gasteiger partial charge is 0.250 e. The van der Waals surface area contributed by atoms with Crippen molar-refractivity contribution in [3.05, 3.63) is 17.5 Å². The summed E-state index contributed by atoms with van der Waals surface area (Å²) < 4.78 is 27.8. The largest absolute Gasteiger partial charge is 0.392 e. The van der Waals surface area contributed by atoms with Gasteiger partial charge in [-0.1, -0.05) is 44.0 Å². The number of thiophene rings is 1. The van der Waals surface area contributed by atoms with Gasteiger partial charge in [-0.2, -0.15) is 4.72 Å². The number of hydrogen-bond acceptors (Lipinski definition) is 4. The second-order valence-corrected chi connectivity index (χ2v) is 8.19. The van der Waals surface area contributed by atoms with Crippen LogP contribution in [0.2, 0.25) is 0 Å². The number of nitrogens with two attached hydrogens (primary N) is 1. The van der Waals surface area contributed by atoms with Gasteiger partial charge in [0.15, 0.2) is 0 Å². The van der Waals surface area contributed by atoms with E-state index in [1.807, 2.05) is 0 Å². The van der Waals surface area contributed by atoms with Gasteiger partial charge in [-0.25, -0.2) is 8.42 Å². The highest BCUT2D eigenvalue weighted by atomic mass is 32.2. The van der Waals surface area contributed by atoms with Gasteiger partial charge in [-0.15, -0.1) is 11.3 Å². The van der Waals surface area contributed by atoms with Crippen molar-refractivity contribution in [1.82, 2.24) is 4.72 Å². The Morgan fingerprint density at radius 1 is 1.32 bits per heavy atom. The number of thiocarbonyl (C=S) groups is 1. The molecule has 3 N–H and O–H groups in total. The fourth-order valence-electron chi connectivity index (χ4n) is 2.45. The quantitative estimate of drug-likeness (QED) is 0.660. The van der Waals surface area contributed by atoms with Crippen LogP contribution in [0.15, 0.2) is 21.7 Å². The maximum absolute atomic E-state index is 12.4. The van der Waals surface area contributed by atoms with Crippen molar-refractivity contribution in [3.63, 3.8) is 0 Å². The monoisotopic (exact) mass is 318 g/mol. The second kappa shape index (κ2) is 5.87. The Balaban J connectivity index is 2.28. The first kappa shape index (κ1) is 14.9. The molecule has 19 heavy (non-hydrogen) atoms. The summed E-state index contributed by atoms with van der Waals surface area (Å²) in [6.07, 6.45) is 5.48. The van der Waals surface area contributed by atoms with Crippen molar-refractivity contribution in [2.24, 2.45) is 5.73 Å². The third-order valence-corrected chi connectivity index (χ3v) is 6.84. The summed E-state index contributed by atoms with van der Waals surface area (Å²) in [6, 6.07) is 3.32. The Bertz CT molecular complexity index is 529. The van der Waals surface area contributed by atoms with E-state index in [2.05, 4.69) is 4.72 Å². The van der Waals surface area contributed by atoms with Gasteiger partial charge in [0.2, 0.25) is 0 Å². The molecule has 1 aliphatic carbocycles. The predicted octanol–water partition coefficient (Wildman–Crippen LogP) is 2.41. The second-order valence-electron chi connectivity index (χ2n) is 4.90. The number of hydrogen-bond donors (Lipinski definition) is 2. The van der Waals surface area contributed by atoms with Crippen LogP contribution in [0.1, 0.15) is 38.5 Å². The fourth-order valence-corrected chi connectivity index (χ4v) is 5.21. The minimum atomic E-state index is -3.54. The highest BCUT2D eigenvalue weighted by Crippen LogP contribution is 2.30. The van der Waals surface area contributed by atoms with Crippen LogP contribution in [0.3, 0.4) is 0 Å². The molecule has 1 aromatic heterocycles. The van der Waals surface area contributed by atoms with Gasteiger partial charge in [-0.05, 0) is 24.3 Å². The van der Waals surface area contributed by atoms with Crippen LogP contribution < -0.4 is 10.5 Å². The van der Waals surface area contributed by atoms with Crippen molar-refractivity contribution in [3.8, 4) is 0 Å². The molecule has 2 rings (SSSR count). The van der Waals surface area contributed by atoms with E-state index in [0.29, 0.717) is 17.1 Å². The third-order valence-electron chi connectivity index (χ3n) is 3.52. The molecule has 0 atom stereocenters.